The maximum atomic E-state index is 14.8. The van der Waals surface area contributed by atoms with Crippen molar-refractivity contribution in [1.82, 2.24) is 4.31 Å². The zero-order valence-corrected chi connectivity index (χ0v) is 29.0. The van der Waals surface area contributed by atoms with E-state index in [0.717, 1.165) is 64.2 Å². The van der Waals surface area contributed by atoms with Gasteiger partial charge in [0.05, 0.1) is 30.6 Å². The van der Waals surface area contributed by atoms with Gasteiger partial charge in [0.1, 0.15) is 6.54 Å². The first-order chi connectivity index (χ1) is 20.7. The van der Waals surface area contributed by atoms with Crippen LogP contribution in [0.15, 0.2) is 108 Å². The molecule has 0 aliphatic heterocycles. The predicted molar refractivity (Wildman–Crippen MR) is 181 cm³/mol. The molecule has 0 radical (unpaired) electrons. The van der Waals surface area contributed by atoms with Crippen molar-refractivity contribution >= 4 is 31.6 Å². The highest BCUT2D eigenvalue weighted by Crippen LogP contribution is 2.31. The van der Waals surface area contributed by atoms with Crippen LogP contribution in [-0.2, 0) is 23.1 Å². The van der Waals surface area contributed by atoms with E-state index in [1.807, 2.05) is 48.5 Å². The zero-order valence-electron chi connectivity index (χ0n) is 26.6. The maximum Gasteiger partial charge on any atom is 0.244 e. The molecule has 4 nitrogen and oxygen atoms in total. The van der Waals surface area contributed by atoms with E-state index in [1.54, 1.807) is 10.4 Å². The minimum atomic E-state index is -3.84. The molecule has 0 aliphatic carbocycles. The summed E-state index contributed by atoms with van der Waals surface area (Å²) in [7, 11) is -3.84. The van der Waals surface area contributed by atoms with Crippen LogP contribution in [0.2, 0.25) is 0 Å². The van der Waals surface area contributed by atoms with E-state index in [4.69, 9.17) is 0 Å². The van der Waals surface area contributed by atoms with Crippen LogP contribution < -0.4 is 17.0 Å². The highest BCUT2D eigenvalue weighted by Gasteiger charge is 2.37. The normalized spacial score (nSPS) is 12.9. The number of sulfonamides is 1. The van der Waals surface area contributed by atoms with Crippen LogP contribution in [0.4, 0.5) is 0 Å². The van der Waals surface area contributed by atoms with Gasteiger partial charge in [0.25, 0.3) is 0 Å². The van der Waals surface area contributed by atoms with Crippen LogP contribution in [0.5, 0.6) is 0 Å². The highest BCUT2D eigenvalue weighted by atomic mass is 79.9. The molecule has 0 bridgehead atoms. The number of aryl methyl sites for hydroxylation is 2. The minimum Gasteiger partial charge on any atom is -1.00 e. The van der Waals surface area contributed by atoms with Crippen molar-refractivity contribution in [2.75, 3.05) is 19.6 Å². The third kappa shape index (κ3) is 7.26. The Labute approximate surface area is 274 Å². The summed E-state index contributed by atoms with van der Waals surface area (Å²) in [6.45, 7) is 14.7. The van der Waals surface area contributed by atoms with Crippen molar-refractivity contribution in [3.05, 3.63) is 125 Å². The van der Waals surface area contributed by atoms with Gasteiger partial charge in [-0.25, -0.2) is 8.42 Å². The van der Waals surface area contributed by atoms with Crippen LogP contribution >= 0.6 is 0 Å². The molecule has 0 N–H and O–H groups in total. The number of hydrogen-bond acceptors (Lipinski definition) is 2. The third-order valence-corrected chi connectivity index (χ3v) is 11.1. The molecule has 0 aliphatic rings. The van der Waals surface area contributed by atoms with Gasteiger partial charge < -0.3 is 21.5 Å². The molecule has 5 aromatic carbocycles. The first-order valence-electron chi connectivity index (χ1n) is 15.6. The van der Waals surface area contributed by atoms with E-state index in [1.165, 1.54) is 16.7 Å². The molecule has 1 unspecified atom stereocenters. The third-order valence-electron chi connectivity index (χ3n) is 9.11. The molecule has 0 amide bonds. The number of hydrogen-bond donors (Lipinski definition) is 0. The summed E-state index contributed by atoms with van der Waals surface area (Å²) in [6, 6.07) is 34.6. The SMILES string of the molecule is CCC(C[N+](CC)(CC)Cc1cc(C)cc(C)c1)N(Cc1ccc2ccccc2c1)S(=O)(=O)c1cccc2ccccc12.[Br-]. The predicted octanol–water partition coefficient (Wildman–Crippen LogP) is 5.64. The lowest BCUT2D eigenvalue weighted by Gasteiger charge is -2.42. The molecule has 0 spiro atoms. The summed E-state index contributed by atoms with van der Waals surface area (Å²) in [5, 5.41) is 3.98. The zero-order chi connectivity index (χ0) is 30.6. The molecular formula is C38H45BrN2O2S. The lowest BCUT2D eigenvalue weighted by molar-refractivity contribution is -0.939. The van der Waals surface area contributed by atoms with Crippen LogP contribution in [0.3, 0.4) is 0 Å². The number of quaternary nitrogens is 1. The molecule has 0 saturated heterocycles. The van der Waals surface area contributed by atoms with E-state index >= 15 is 0 Å². The molecule has 0 heterocycles. The van der Waals surface area contributed by atoms with Crippen molar-refractivity contribution in [2.24, 2.45) is 0 Å². The van der Waals surface area contributed by atoms with Gasteiger partial charge in [-0.2, -0.15) is 4.31 Å². The number of benzene rings is 5. The lowest BCUT2D eigenvalue weighted by Crippen LogP contribution is -3.00. The van der Waals surface area contributed by atoms with Gasteiger partial charge in [0.2, 0.25) is 10.0 Å². The number of rotatable bonds is 12. The fourth-order valence-electron chi connectivity index (χ4n) is 6.66. The molecule has 0 fully saturated rings. The molecule has 1 atom stereocenters. The van der Waals surface area contributed by atoms with Crippen LogP contribution in [0.25, 0.3) is 21.5 Å². The molecule has 0 saturated carbocycles. The van der Waals surface area contributed by atoms with Gasteiger partial charge in [0, 0.05) is 17.5 Å². The molecule has 0 aromatic heterocycles. The summed E-state index contributed by atoms with van der Waals surface area (Å²) in [4.78, 5) is 0.380. The van der Waals surface area contributed by atoms with Crippen molar-refractivity contribution < 1.29 is 29.9 Å². The van der Waals surface area contributed by atoms with Crippen molar-refractivity contribution in [2.45, 2.75) is 65.1 Å². The summed E-state index contributed by atoms with van der Waals surface area (Å²) in [6.07, 6.45) is 0.727. The average molecular weight is 674 g/mol. The average Bonchev–Trinajstić information content (AvgIpc) is 3.01. The molecule has 44 heavy (non-hydrogen) atoms. The fourth-order valence-corrected chi connectivity index (χ4v) is 8.56. The number of fused-ring (bicyclic) bond motifs is 2. The van der Waals surface area contributed by atoms with Crippen molar-refractivity contribution in [1.29, 1.82) is 0 Å². The second-order valence-electron chi connectivity index (χ2n) is 12.1. The minimum absolute atomic E-state index is 0. The van der Waals surface area contributed by atoms with E-state index in [2.05, 4.69) is 83.1 Å². The molecular weight excluding hydrogens is 628 g/mol. The topological polar surface area (TPSA) is 37.4 Å². The van der Waals surface area contributed by atoms with Crippen LogP contribution in [0, 0.1) is 13.8 Å². The Morgan fingerprint density at radius 1 is 0.682 bits per heavy atom. The van der Waals surface area contributed by atoms with Crippen molar-refractivity contribution in [3.8, 4) is 0 Å². The Kier molecular flexibility index (Phi) is 11.1. The molecule has 232 valence electrons. The summed E-state index contributed by atoms with van der Waals surface area (Å²) in [5.41, 5.74) is 4.85. The van der Waals surface area contributed by atoms with Gasteiger partial charge in [-0.3, -0.25) is 0 Å². The van der Waals surface area contributed by atoms with E-state index in [9.17, 15) is 8.42 Å². The first-order valence-corrected chi connectivity index (χ1v) is 17.0. The Bertz CT molecular complexity index is 1810. The summed E-state index contributed by atoms with van der Waals surface area (Å²) < 4.78 is 32.3. The van der Waals surface area contributed by atoms with Crippen LogP contribution in [-0.4, -0.2) is 42.9 Å². The van der Waals surface area contributed by atoms with Gasteiger partial charge in [0.15, 0.2) is 0 Å². The molecule has 6 heteroatoms. The van der Waals surface area contributed by atoms with E-state index in [-0.39, 0.29) is 23.0 Å². The summed E-state index contributed by atoms with van der Waals surface area (Å²) >= 11 is 0. The maximum absolute atomic E-state index is 14.8. The standard InChI is InChI=1S/C38H45N2O2S.BrH/c1-6-36(28-40(7-2,8-3)27-32-23-29(4)22-30(5)24-32)39(26-31-20-21-33-14-9-10-16-35(33)25-31)43(41,42)38-19-13-17-34-15-11-12-18-37(34)38;/h9-25,36H,6-8,26-28H2,1-5H3;1H/q+1;/p-1. The number of halogens is 1. The van der Waals surface area contributed by atoms with Crippen molar-refractivity contribution in [3.63, 3.8) is 0 Å². The van der Waals surface area contributed by atoms with Crippen LogP contribution in [0.1, 0.15) is 49.4 Å². The number of nitrogens with zero attached hydrogens (tertiary/aromatic N) is 2. The largest absolute Gasteiger partial charge is 1.00 e. The lowest BCUT2D eigenvalue weighted by atomic mass is 10.0. The van der Waals surface area contributed by atoms with Gasteiger partial charge in [-0.1, -0.05) is 109 Å². The summed E-state index contributed by atoms with van der Waals surface area (Å²) in [5.74, 6) is 0. The van der Waals surface area contributed by atoms with Gasteiger partial charge >= 0.3 is 0 Å². The monoisotopic (exact) mass is 672 g/mol. The highest BCUT2D eigenvalue weighted by molar-refractivity contribution is 7.89. The van der Waals surface area contributed by atoms with E-state index < -0.39 is 10.0 Å². The second-order valence-corrected chi connectivity index (χ2v) is 13.9. The number of likely N-dealkylation sites (N-methyl/N-ethyl adjacent to an activating group) is 1. The Morgan fingerprint density at radius 2 is 1.30 bits per heavy atom. The smallest absolute Gasteiger partial charge is 0.244 e. The molecule has 5 rings (SSSR count). The Hall–Kier alpha value is -3.03. The van der Waals surface area contributed by atoms with Gasteiger partial charge in [-0.15, -0.1) is 0 Å². The quantitative estimate of drug-likeness (QED) is 0.161. The van der Waals surface area contributed by atoms with E-state index in [0.29, 0.717) is 11.4 Å². The second kappa shape index (κ2) is 14.4. The van der Waals surface area contributed by atoms with Gasteiger partial charge in [-0.05, 0) is 68.0 Å². The molecule has 5 aromatic rings. The fraction of sp³-hybridized carbons (Fsp3) is 0.316. The Morgan fingerprint density at radius 3 is 1.95 bits per heavy atom. The Balaban J connectivity index is 0.00000442. The first kappa shape index (κ1) is 33.9.